The van der Waals surface area contributed by atoms with Crippen LogP contribution in [0.2, 0.25) is 0 Å². The number of anilines is 1. The standard InChI is InChI=1S/C42H37BF2N4O9/c1-54-35-16-30-32(46-20-29-14-25(21-47(29)39(30)50)23-4-8-27(44)9-5-23)18-37(35)56-12-3-13-57-38-19-33-31(17-36(38)55-2)40(51)48-22-26(24-6-10-28(45)11-7-24)15-34(48)41(52)49(33)42(53)58-43/h4-11,16-22,29,34,41,52H,3,12-15,43H2,1-2H3/t29-,34-,41-/m0/s1. The van der Waals surface area contributed by atoms with Crippen molar-refractivity contribution in [2.24, 2.45) is 4.99 Å². The molecule has 0 spiro atoms. The van der Waals surface area contributed by atoms with Crippen molar-refractivity contribution >= 4 is 54.7 Å². The molecule has 4 aliphatic rings. The number of benzene rings is 4. The molecule has 16 heteroatoms. The van der Waals surface area contributed by atoms with Gasteiger partial charge < -0.3 is 38.5 Å². The maximum atomic E-state index is 14.0. The normalized spacial score (nSPS) is 19.3. The highest BCUT2D eigenvalue weighted by Crippen LogP contribution is 2.44. The fraction of sp³-hybridized carbons (Fsp3) is 0.238. The van der Waals surface area contributed by atoms with Crippen LogP contribution in [0.25, 0.3) is 11.1 Å². The number of carbonyl (C=O) groups is 3. The van der Waals surface area contributed by atoms with Gasteiger partial charge in [-0.3, -0.25) is 14.6 Å². The topological polar surface area (TPSA) is 140 Å². The van der Waals surface area contributed by atoms with E-state index in [1.165, 1.54) is 63.6 Å². The molecule has 4 heterocycles. The number of carbonyl (C=O) groups excluding carboxylic acids is 3. The van der Waals surface area contributed by atoms with Crippen LogP contribution in [0.4, 0.5) is 25.0 Å². The Morgan fingerprint density at radius 2 is 1.33 bits per heavy atom. The Morgan fingerprint density at radius 3 is 1.93 bits per heavy atom. The summed E-state index contributed by atoms with van der Waals surface area (Å²) in [5.41, 5.74) is 3.97. The van der Waals surface area contributed by atoms with Gasteiger partial charge in [-0.05, 0) is 65.1 Å². The molecule has 0 saturated carbocycles. The smallest absolute Gasteiger partial charge is 0.398 e. The third kappa shape index (κ3) is 6.99. The molecule has 58 heavy (non-hydrogen) atoms. The van der Waals surface area contributed by atoms with Crippen molar-refractivity contribution in [3.63, 3.8) is 0 Å². The summed E-state index contributed by atoms with van der Waals surface area (Å²) in [5.74, 6) is -0.370. The van der Waals surface area contributed by atoms with Crippen LogP contribution in [0.5, 0.6) is 23.0 Å². The number of ether oxygens (including phenoxy) is 4. The summed E-state index contributed by atoms with van der Waals surface area (Å²) in [6.07, 6.45) is 3.77. The molecule has 296 valence electrons. The van der Waals surface area contributed by atoms with E-state index >= 15 is 0 Å². The van der Waals surface area contributed by atoms with Gasteiger partial charge in [-0.2, -0.15) is 0 Å². The van der Waals surface area contributed by atoms with E-state index in [2.05, 4.69) is 4.99 Å². The minimum atomic E-state index is -1.51. The molecule has 4 aliphatic heterocycles. The van der Waals surface area contributed by atoms with E-state index in [1.54, 1.807) is 59.9 Å². The summed E-state index contributed by atoms with van der Waals surface area (Å²) in [7, 11) is 4.06. The van der Waals surface area contributed by atoms with Gasteiger partial charge in [0.15, 0.2) is 29.2 Å². The molecule has 4 aromatic rings. The summed E-state index contributed by atoms with van der Waals surface area (Å²) in [6.45, 7) is 0.287. The number of amides is 3. The van der Waals surface area contributed by atoms with Crippen LogP contribution in [-0.4, -0.2) is 92.8 Å². The van der Waals surface area contributed by atoms with Crippen molar-refractivity contribution in [2.75, 3.05) is 32.3 Å². The number of hydrogen-bond donors (Lipinski definition) is 1. The zero-order valence-electron chi connectivity index (χ0n) is 31.7. The van der Waals surface area contributed by atoms with Crippen molar-refractivity contribution < 1.29 is 51.9 Å². The first-order valence-electron chi connectivity index (χ1n) is 18.5. The second-order valence-corrected chi connectivity index (χ2v) is 13.9. The predicted molar refractivity (Wildman–Crippen MR) is 211 cm³/mol. The van der Waals surface area contributed by atoms with Gasteiger partial charge in [0.2, 0.25) is 0 Å². The van der Waals surface area contributed by atoms with Crippen LogP contribution in [0.15, 0.2) is 90.2 Å². The van der Waals surface area contributed by atoms with Crippen LogP contribution in [0.1, 0.15) is 51.1 Å². The molecule has 0 radical (unpaired) electrons. The molecule has 0 bridgehead atoms. The highest BCUT2D eigenvalue weighted by Gasteiger charge is 2.45. The molecular weight excluding hydrogens is 753 g/mol. The first kappa shape index (κ1) is 38.2. The molecule has 0 unspecified atom stereocenters. The molecule has 0 aromatic heterocycles. The van der Waals surface area contributed by atoms with Gasteiger partial charge in [-0.15, -0.1) is 0 Å². The molecule has 4 aromatic carbocycles. The van der Waals surface area contributed by atoms with Crippen molar-refractivity contribution in [3.05, 3.63) is 119 Å². The van der Waals surface area contributed by atoms with Crippen molar-refractivity contribution in [3.8, 4) is 23.0 Å². The zero-order valence-corrected chi connectivity index (χ0v) is 31.7. The minimum Gasteiger partial charge on any atom is -0.527 e. The van der Waals surface area contributed by atoms with Crippen LogP contribution >= 0.6 is 0 Å². The number of hydrogen-bond acceptors (Lipinski definition) is 10. The second-order valence-electron chi connectivity index (χ2n) is 13.9. The highest BCUT2D eigenvalue weighted by atomic mass is 19.1. The maximum Gasteiger partial charge on any atom is 0.398 e. The molecule has 0 fully saturated rings. The Morgan fingerprint density at radius 1 is 0.776 bits per heavy atom. The van der Waals surface area contributed by atoms with Crippen LogP contribution in [0.3, 0.4) is 0 Å². The van der Waals surface area contributed by atoms with E-state index < -0.39 is 30.1 Å². The van der Waals surface area contributed by atoms with E-state index in [4.69, 9.17) is 23.6 Å². The monoisotopic (exact) mass is 790 g/mol. The maximum absolute atomic E-state index is 14.0. The number of fused-ring (bicyclic) bond motifs is 4. The number of rotatable bonds is 10. The van der Waals surface area contributed by atoms with E-state index in [0.29, 0.717) is 46.7 Å². The first-order chi connectivity index (χ1) is 28.1. The fourth-order valence-electron chi connectivity index (χ4n) is 7.56. The zero-order chi connectivity index (χ0) is 40.7. The quantitative estimate of drug-likeness (QED) is 0.154. The number of halogens is 2. The van der Waals surface area contributed by atoms with Gasteiger partial charge in [-0.25, -0.2) is 18.5 Å². The van der Waals surface area contributed by atoms with Crippen LogP contribution in [-0.2, 0) is 4.65 Å². The molecule has 1 N–H and O–H groups in total. The lowest BCUT2D eigenvalue weighted by Gasteiger charge is -2.31. The number of methoxy groups -OCH3 is 2. The van der Waals surface area contributed by atoms with E-state index in [-0.39, 0.29) is 60.2 Å². The number of aliphatic imine (C=N–C) groups is 1. The lowest BCUT2D eigenvalue weighted by molar-refractivity contribution is 0.0580. The SMILES string of the molecule is BOC(=O)N1c2cc(OCCCOc3cc4c(cc3OC)C(=O)N3C=C(c5ccc(F)cc5)C[C@H]3C=N4)c(OC)cc2C(=O)N2C=C(c3ccc(F)cc3)C[C@H]2[C@@H]1O. The summed E-state index contributed by atoms with van der Waals surface area (Å²) in [4.78, 5) is 49.6. The average Bonchev–Trinajstić information content (AvgIpc) is 3.84. The van der Waals surface area contributed by atoms with Gasteiger partial charge in [-0.1, -0.05) is 24.3 Å². The highest BCUT2D eigenvalue weighted by molar-refractivity contribution is 6.12. The fourth-order valence-corrected chi connectivity index (χ4v) is 7.56. The van der Waals surface area contributed by atoms with Crippen molar-refractivity contribution in [1.82, 2.24) is 9.80 Å². The molecule has 3 amide bonds. The lowest BCUT2D eigenvalue weighted by atomic mass is 10.0. The second kappa shape index (κ2) is 15.7. The number of aliphatic hydroxyl groups is 1. The third-order valence-electron chi connectivity index (χ3n) is 10.5. The largest absolute Gasteiger partial charge is 0.527 e. The van der Waals surface area contributed by atoms with Gasteiger partial charge >= 0.3 is 14.1 Å². The summed E-state index contributed by atoms with van der Waals surface area (Å²) >= 11 is 0. The first-order valence-corrected chi connectivity index (χ1v) is 18.5. The molecule has 0 aliphatic carbocycles. The Hall–Kier alpha value is -6.68. The molecular formula is C42H37BF2N4O9. The van der Waals surface area contributed by atoms with Gasteiger partial charge in [0.05, 0.1) is 62.0 Å². The Labute approximate surface area is 332 Å². The lowest BCUT2D eigenvalue weighted by Crippen LogP contribution is -2.50. The Kier molecular flexibility index (Phi) is 10.3. The van der Waals surface area contributed by atoms with E-state index in [9.17, 15) is 28.3 Å². The van der Waals surface area contributed by atoms with Gasteiger partial charge in [0, 0.05) is 43.6 Å². The Balaban J connectivity index is 0.967. The molecule has 0 saturated heterocycles. The van der Waals surface area contributed by atoms with Crippen molar-refractivity contribution in [1.29, 1.82) is 0 Å². The van der Waals surface area contributed by atoms with Gasteiger partial charge in [0.1, 0.15) is 11.6 Å². The molecule has 3 atom stereocenters. The van der Waals surface area contributed by atoms with E-state index in [1.807, 2.05) is 0 Å². The van der Waals surface area contributed by atoms with E-state index in [0.717, 1.165) is 16.0 Å². The van der Waals surface area contributed by atoms with Crippen LogP contribution in [0, 0.1) is 11.6 Å². The predicted octanol–water partition coefficient (Wildman–Crippen LogP) is 5.88. The molecule has 13 nitrogen and oxygen atoms in total. The third-order valence-corrected chi connectivity index (χ3v) is 10.5. The molecule has 8 rings (SSSR count). The summed E-state index contributed by atoms with van der Waals surface area (Å²) in [6, 6.07) is 16.9. The number of nitrogens with zero attached hydrogens (tertiary/aromatic N) is 4. The van der Waals surface area contributed by atoms with Crippen molar-refractivity contribution in [2.45, 2.75) is 37.6 Å². The van der Waals surface area contributed by atoms with Crippen LogP contribution < -0.4 is 23.8 Å². The Bertz CT molecular complexity index is 2390. The minimum absolute atomic E-state index is 0.0648. The number of aliphatic hydroxyl groups excluding tert-OH is 1. The average molecular weight is 791 g/mol. The van der Waals surface area contributed by atoms with Gasteiger partial charge in [0.25, 0.3) is 11.8 Å². The summed E-state index contributed by atoms with van der Waals surface area (Å²) in [5, 5.41) is 11.6. The summed E-state index contributed by atoms with van der Waals surface area (Å²) < 4.78 is 55.5.